The van der Waals surface area contributed by atoms with E-state index in [1.54, 1.807) is 0 Å². The van der Waals surface area contributed by atoms with E-state index in [2.05, 4.69) is 38.2 Å². The number of hydrogen-bond donors (Lipinski definition) is 2. The molecule has 0 aromatic heterocycles. The molecular formula is C17H29N3O. The quantitative estimate of drug-likeness (QED) is 0.769. The lowest BCUT2D eigenvalue weighted by atomic mass is 10.0. The van der Waals surface area contributed by atoms with Gasteiger partial charge in [0.2, 0.25) is 0 Å². The average Bonchev–Trinajstić information content (AvgIpc) is 2.43. The Hall–Kier alpha value is -1.39. The number of rotatable bonds is 8. The fourth-order valence-corrected chi connectivity index (χ4v) is 2.32. The first-order valence-electron chi connectivity index (χ1n) is 7.67. The summed E-state index contributed by atoms with van der Waals surface area (Å²) in [7, 11) is 4.11. The van der Waals surface area contributed by atoms with E-state index in [0.717, 1.165) is 12.8 Å². The van der Waals surface area contributed by atoms with Gasteiger partial charge in [0.05, 0.1) is 0 Å². The zero-order chi connectivity index (χ0) is 15.8. The van der Waals surface area contributed by atoms with E-state index in [1.807, 2.05) is 24.3 Å². The van der Waals surface area contributed by atoms with Crippen molar-refractivity contribution in [3.05, 3.63) is 35.4 Å². The van der Waals surface area contributed by atoms with Crippen molar-refractivity contribution in [1.82, 2.24) is 10.2 Å². The lowest BCUT2D eigenvalue weighted by Crippen LogP contribution is -2.41. The molecule has 0 spiro atoms. The van der Waals surface area contributed by atoms with Crippen molar-refractivity contribution in [2.45, 2.75) is 32.7 Å². The summed E-state index contributed by atoms with van der Waals surface area (Å²) in [5.74, 6) is 0.606. The van der Waals surface area contributed by atoms with Crippen LogP contribution in [0.15, 0.2) is 24.3 Å². The molecule has 1 amide bonds. The zero-order valence-corrected chi connectivity index (χ0v) is 13.7. The summed E-state index contributed by atoms with van der Waals surface area (Å²) in [6.07, 6.45) is 1.92. The molecule has 1 aromatic rings. The van der Waals surface area contributed by atoms with Crippen LogP contribution in [0.1, 0.15) is 36.2 Å². The van der Waals surface area contributed by atoms with Gasteiger partial charge in [-0.25, -0.2) is 0 Å². The molecule has 0 aliphatic carbocycles. The van der Waals surface area contributed by atoms with Crippen LogP contribution in [0.5, 0.6) is 0 Å². The van der Waals surface area contributed by atoms with Gasteiger partial charge in [0, 0.05) is 18.2 Å². The monoisotopic (exact) mass is 291 g/mol. The topological polar surface area (TPSA) is 58.4 Å². The number of carbonyl (C=O) groups is 1. The first-order chi connectivity index (χ1) is 9.93. The molecule has 0 aliphatic rings. The fraction of sp³-hybridized carbons (Fsp3) is 0.588. The van der Waals surface area contributed by atoms with Gasteiger partial charge >= 0.3 is 0 Å². The molecule has 0 saturated heterocycles. The third-order valence-corrected chi connectivity index (χ3v) is 3.62. The van der Waals surface area contributed by atoms with E-state index < -0.39 is 0 Å². The second kappa shape index (κ2) is 8.80. The largest absolute Gasteiger partial charge is 0.350 e. The van der Waals surface area contributed by atoms with Crippen LogP contribution in [-0.4, -0.2) is 44.0 Å². The summed E-state index contributed by atoms with van der Waals surface area (Å²) >= 11 is 0. The molecule has 0 bridgehead atoms. The van der Waals surface area contributed by atoms with Gasteiger partial charge in [0.25, 0.3) is 5.91 Å². The Labute approximate surface area is 128 Å². The first kappa shape index (κ1) is 17.7. The van der Waals surface area contributed by atoms with Crippen LogP contribution in [0.25, 0.3) is 0 Å². The molecule has 1 atom stereocenters. The number of hydrogen-bond acceptors (Lipinski definition) is 3. The van der Waals surface area contributed by atoms with Gasteiger partial charge in [-0.05, 0) is 57.1 Å². The molecule has 4 nitrogen and oxygen atoms in total. The highest BCUT2D eigenvalue weighted by atomic mass is 16.1. The third kappa shape index (κ3) is 6.27. The van der Waals surface area contributed by atoms with Crippen LogP contribution >= 0.6 is 0 Å². The van der Waals surface area contributed by atoms with Crippen LogP contribution in [0.2, 0.25) is 0 Å². The van der Waals surface area contributed by atoms with E-state index >= 15 is 0 Å². The van der Waals surface area contributed by atoms with E-state index in [0.29, 0.717) is 30.6 Å². The minimum Gasteiger partial charge on any atom is -0.350 e. The third-order valence-electron chi connectivity index (χ3n) is 3.62. The molecular weight excluding hydrogens is 262 g/mol. The summed E-state index contributed by atoms with van der Waals surface area (Å²) in [4.78, 5) is 14.3. The average molecular weight is 291 g/mol. The second-order valence-corrected chi connectivity index (χ2v) is 6.19. The Morgan fingerprint density at radius 3 is 2.33 bits per heavy atom. The molecule has 0 aliphatic heterocycles. The van der Waals surface area contributed by atoms with Crippen molar-refractivity contribution in [2.75, 3.05) is 27.2 Å². The SMILES string of the molecule is CC(C)CC(CNC(=O)c1ccc(CCN)cc1)N(C)C. The van der Waals surface area contributed by atoms with E-state index in [4.69, 9.17) is 5.73 Å². The predicted molar refractivity (Wildman–Crippen MR) is 88.5 cm³/mol. The maximum absolute atomic E-state index is 12.2. The lowest BCUT2D eigenvalue weighted by Gasteiger charge is -2.26. The van der Waals surface area contributed by atoms with Crippen molar-refractivity contribution < 1.29 is 4.79 Å². The number of carbonyl (C=O) groups excluding carboxylic acids is 1. The van der Waals surface area contributed by atoms with Gasteiger partial charge in [-0.3, -0.25) is 4.79 Å². The lowest BCUT2D eigenvalue weighted by molar-refractivity contribution is 0.0938. The van der Waals surface area contributed by atoms with E-state index in [-0.39, 0.29) is 5.91 Å². The predicted octanol–water partition coefficient (Wildman–Crippen LogP) is 1.89. The highest BCUT2D eigenvalue weighted by molar-refractivity contribution is 5.94. The van der Waals surface area contributed by atoms with Crippen molar-refractivity contribution in [2.24, 2.45) is 11.7 Å². The smallest absolute Gasteiger partial charge is 0.251 e. The number of nitrogens with zero attached hydrogens (tertiary/aromatic N) is 1. The summed E-state index contributed by atoms with van der Waals surface area (Å²) in [6, 6.07) is 8.05. The Kier molecular flexibility index (Phi) is 7.40. The first-order valence-corrected chi connectivity index (χ1v) is 7.67. The minimum atomic E-state index is -0.00935. The molecule has 0 heterocycles. The van der Waals surface area contributed by atoms with Gasteiger partial charge in [0.1, 0.15) is 0 Å². The maximum atomic E-state index is 12.2. The van der Waals surface area contributed by atoms with E-state index in [1.165, 1.54) is 5.56 Å². The summed E-state index contributed by atoms with van der Waals surface area (Å²) in [6.45, 7) is 5.71. The van der Waals surface area contributed by atoms with Gasteiger partial charge in [0.15, 0.2) is 0 Å². The molecule has 21 heavy (non-hydrogen) atoms. The van der Waals surface area contributed by atoms with Crippen molar-refractivity contribution in [3.8, 4) is 0 Å². The standard InChI is InChI=1S/C17H29N3O/c1-13(2)11-16(20(3)4)12-19-17(21)15-7-5-14(6-8-15)9-10-18/h5-8,13,16H,9-12,18H2,1-4H3,(H,19,21). The number of amides is 1. The number of benzene rings is 1. The normalized spacial score (nSPS) is 12.7. The summed E-state index contributed by atoms with van der Waals surface area (Å²) in [5.41, 5.74) is 7.40. The summed E-state index contributed by atoms with van der Waals surface area (Å²) in [5, 5.41) is 3.03. The number of likely N-dealkylation sites (N-methyl/N-ethyl adjacent to an activating group) is 1. The van der Waals surface area contributed by atoms with Gasteiger partial charge in [-0.15, -0.1) is 0 Å². The highest BCUT2D eigenvalue weighted by Crippen LogP contribution is 2.09. The molecule has 1 aromatic carbocycles. The van der Waals surface area contributed by atoms with Gasteiger partial charge < -0.3 is 16.0 Å². The zero-order valence-electron chi connectivity index (χ0n) is 13.7. The summed E-state index contributed by atoms with van der Waals surface area (Å²) < 4.78 is 0. The second-order valence-electron chi connectivity index (χ2n) is 6.19. The Morgan fingerprint density at radius 2 is 1.86 bits per heavy atom. The van der Waals surface area contributed by atoms with Gasteiger partial charge in [-0.1, -0.05) is 26.0 Å². The van der Waals surface area contributed by atoms with Crippen LogP contribution in [0.3, 0.4) is 0 Å². The minimum absolute atomic E-state index is 0.00935. The van der Waals surface area contributed by atoms with Crippen LogP contribution in [0, 0.1) is 5.92 Å². The van der Waals surface area contributed by atoms with E-state index in [9.17, 15) is 4.79 Å². The maximum Gasteiger partial charge on any atom is 0.251 e. The highest BCUT2D eigenvalue weighted by Gasteiger charge is 2.15. The van der Waals surface area contributed by atoms with Crippen LogP contribution in [0.4, 0.5) is 0 Å². The fourth-order valence-electron chi connectivity index (χ4n) is 2.32. The molecule has 1 rings (SSSR count). The van der Waals surface area contributed by atoms with Crippen LogP contribution in [-0.2, 0) is 6.42 Å². The molecule has 0 saturated carbocycles. The molecule has 3 N–H and O–H groups in total. The molecule has 4 heteroatoms. The van der Waals surface area contributed by atoms with Crippen molar-refractivity contribution in [3.63, 3.8) is 0 Å². The molecule has 1 unspecified atom stereocenters. The molecule has 118 valence electrons. The Balaban J connectivity index is 2.55. The van der Waals surface area contributed by atoms with Crippen LogP contribution < -0.4 is 11.1 Å². The van der Waals surface area contributed by atoms with Crippen molar-refractivity contribution in [1.29, 1.82) is 0 Å². The number of nitrogens with one attached hydrogen (secondary N) is 1. The Morgan fingerprint density at radius 1 is 1.24 bits per heavy atom. The number of nitrogens with two attached hydrogens (primary N) is 1. The van der Waals surface area contributed by atoms with Gasteiger partial charge in [-0.2, -0.15) is 0 Å². The van der Waals surface area contributed by atoms with Crippen molar-refractivity contribution >= 4 is 5.91 Å². The Bertz CT molecular complexity index is 426. The molecule has 0 fully saturated rings. The molecule has 0 radical (unpaired) electrons.